The zero-order valence-corrected chi connectivity index (χ0v) is 11.8. The highest BCUT2D eigenvalue weighted by atomic mass is 16.3. The van der Waals surface area contributed by atoms with E-state index in [0.29, 0.717) is 12.1 Å². The monoisotopic (exact) mass is 272 g/mol. The second-order valence-electron chi connectivity index (χ2n) is 4.77. The van der Waals surface area contributed by atoms with Gasteiger partial charge in [0.05, 0.1) is 6.26 Å². The summed E-state index contributed by atoms with van der Waals surface area (Å²) in [6.07, 6.45) is 2.51. The van der Waals surface area contributed by atoms with Crippen molar-refractivity contribution in [2.45, 2.75) is 26.3 Å². The first-order chi connectivity index (χ1) is 9.69. The Morgan fingerprint density at radius 3 is 2.60 bits per heavy atom. The number of furan rings is 1. The van der Waals surface area contributed by atoms with Crippen molar-refractivity contribution in [3.8, 4) is 0 Å². The molecule has 0 saturated carbocycles. The van der Waals surface area contributed by atoms with E-state index in [1.54, 1.807) is 6.26 Å². The number of anilines is 1. The first kappa shape index (κ1) is 14.2. The molecule has 0 spiro atoms. The Morgan fingerprint density at radius 2 is 2.00 bits per heavy atom. The van der Waals surface area contributed by atoms with Crippen LogP contribution in [0.1, 0.15) is 30.0 Å². The molecule has 20 heavy (non-hydrogen) atoms. The number of hydrogen-bond donors (Lipinski definition) is 2. The molecule has 0 radical (unpaired) electrons. The largest absolute Gasteiger partial charge is 0.469 e. The van der Waals surface area contributed by atoms with Gasteiger partial charge < -0.3 is 15.1 Å². The molecule has 2 aromatic rings. The van der Waals surface area contributed by atoms with E-state index in [-0.39, 0.29) is 11.9 Å². The fourth-order valence-corrected chi connectivity index (χ4v) is 2.05. The van der Waals surface area contributed by atoms with Crippen LogP contribution in [-0.2, 0) is 6.42 Å². The van der Waals surface area contributed by atoms with Gasteiger partial charge in [-0.1, -0.05) is 0 Å². The van der Waals surface area contributed by atoms with Crippen molar-refractivity contribution in [2.75, 3.05) is 11.9 Å². The molecule has 1 heterocycles. The molecule has 2 N–H and O–H groups in total. The van der Waals surface area contributed by atoms with E-state index < -0.39 is 0 Å². The number of benzene rings is 1. The summed E-state index contributed by atoms with van der Waals surface area (Å²) in [5, 5.41) is 6.17. The zero-order valence-electron chi connectivity index (χ0n) is 11.8. The first-order valence-electron chi connectivity index (χ1n) is 6.86. The summed E-state index contributed by atoms with van der Waals surface area (Å²) in [4.78, 5) is 11.6. The van der Waals surface area contributed by atoms with Gasteiger partial charge in [-0.2, -0.15) is 0 Å². The van der Waals surface area contributed by atoms with Gasteiger partial charge in [-0.3, -0.25) is 4.79 Å². The topological polar surface area (TPSA) is 54.3 Å². The first-order valence-corrected chi connectivity index (χ1v) is 6.86. The molecule has 1 aromatic heterocycles. The maximum Gasteiger partial charge on any atom is 0.251 e. The lowest BCUT2D eigenvalue weighted by molar-refractivity contribution is 0.0956. The second-order valence-corrected chi connectivity index (χ2v) is 4.77. The van der Waals surface area contributed by atoms with E-state index in [4.69, 9.17) is 4.42 Å². The van der Waals surface area contributed by atoms with Gasteiger partial charge in [0.2, 0.25) is 0 Å². The van der Waals surface area contributed by atoms with Gasteiger partial charge in [-0.25, -0.2) is 0 Å². The fourth-order valence-electron chi connectivity index (χ4n) is 2.05. The van der Waals surface area contributed by atoms with Gasteiger partial charge in [0, 0.05) is 30.3 Å². The standard InChI is InChI=1S/C16H20N2O2/c1-3-17-16(19)13-6-8-14(9-7-13)18-12(2)11-15-5-4-10-20-15/h4-10,12,18H,3,11H2,1-2H3,(H,17,19). The Hall–Kier alpha value is -2.23. The quantitative estimate of drug-likeness (QED) is 0.849. The summed E-state index contributed by atoms with van der Waals surface area (Å²) in [7, 11) is 0. The van der Waals surface area contributed by atoms with Crippen molar-refractivity contribution in [1.82, 2.24) is 5.32 Å². The minimum absolute atomic E-state index is 0.0392. The van der Waals surface area contributed by atoms with Crippen LogP contribution in [0.3, 0.4) is 0 Å². The SMILES string of the molecule is CCNC(=O)c1ccc(NC(C)Cc2ccco2)cc1. The summed E-state index contributed by atoms with van der Waals surface area (Å²) in [5.41, 5.74) is 1.67. The highest BCUT2D eigenvalue weighted by molar-refractivity contribution is 5.94. The molecule has 0 saturated heterocycles. The van der Waals surface area contributed by atoms with Crippen molar-refractivity contribution >= 4 is 11.6 Å². The lowest BCUT2D eigenvalue weighted by Crippen LogP contribution is -2.22. The fraction of sp³-hybridized carbons (Fsp3) is 0.312. The van der Waals surface area contributed by atoms with Crippen LogP contribution in [0.15, 0.2) is 47.1 Å². The van der Waals surface area contributed by atoms with Gasteiger partial charge in [0.15, 0.2) is 0 Å². The Kier molecular flexibility index (Phi) is 4.82. The number of carbonyl (C=O) groups is 1. The summed E-state index contributed by atoms with van der Waals surface area (Å²) < 4.78 is 5.33. The Bertz CT molecular complexity index is 532. The smallest absolute Gasteiger partial charge is 0.251 e. The lowest BCUT2D eigenvalue weighted by atomic mass is 10.1. The van der Waals surface area contributed by atoms with Crippen LogP contribution >= 0.6 is 0 Å². The van der Waals surface area contributed by atoms with E-state index in [9.17, 15) is 4.79 Å². The number of rotatable bonds is 6. The molecule has 1 aromatic carbocycles. The van der Waals surface area contributed by atoms with E-state index >= 15 is 0 Å². The van der Waals surface area contributed by atoms with Crippen LogP contribution in [0.4, 0.5) is 5.69 Å². The molecule has 0 bridgehead atoms. The molecule has 0 aliphatic carbocycles. The summed E-state index contributed by atoms with van der Waals surface area (Å²) in [5.74, 6) is 0.923. The number of nitrogens with one attached hydrogen (secondary N) is 2. The molecule has 4 heteroatoms. The Labute approximate surface area is 119 Å². The molecule has 0 fully saturated rings. The molecule has 1 atom stereocenters. The molecule has 4 nitrogen and oxygen atoms in total. The van der Waals surface area contributed by atoms with Crippen molar-refractivity contribution in [2.24, 2.45) is 0 Å². The normalized spacial score (nSPS) is 11.9. The molecular weight excluding hydrogens is 252 g/mol. The molecule has 106 valence electrons. The van der Waals surface area contributed by atoms with Crippen LogP contribution in [0.2, 0.25) is 0 Å². The second kappa shape index (κ2) is 6.80. The van der Waals surface area contributed by atoms with Gasteiger partial charge in [-0.15, -0.1) is 0 Å². The highest BCUT2D eigenvalue weighted by Crippen LogP contribution is 2.13. The van der Waals surface area contributed by atoms with Crippen LogP contribution in [0.25, 0.3) is 0 Å². The molecular formula is C16H20N2O2. The van der Waals surface area contributed by atoms with Crippen LogP contribution in [-0.4, -0.2) is 18.5 Å². The Balaban J connectivity index is 1.91. The lowest BCUT2D eigenvalue weighted by Gasteiger charge is -2.14. The average molecular weight is 272 g/mol. The predicted molar refractivity (Wildman–Crippen MR) is 79.9 cm³/mol. The maximum atomic E-state index is 11.6. The maximum absolute atomic E-state index is 11.6. The molecule has 1 amide bonds. The van der Waals surface area contributed by atoms with Crippen molar-refractivity contribution in [1.29, 1.82) is 0 Å². The third-order valence-electron chi connectivity index (χ3n) is 2.98. The van der Waals surface area contributed by atoms with E-state index in [0.717, 1.165) is 17.9 Å². The van der Waals surface area contributed by atoms with E-state index in [1.165, 1.54) is 0 Å². The van der Waals surface area contributed by atoms with Crippen LogP contribution in [0.5, 0.6) is 0 Å². The minimum atomic E-state index is -0.0392. The number of carbonyl (C=O) groups excluding carboxylic acids is 1. The summed E-state index contributed by atoms with van der Waals surface area (Å²) in [6.45, 7) is 4.64. The third-order valence-corrected chi connectivity index (χ3v) is 2.98. The summed E-state index contributed by atoms with van der Waals surface area (Å²) in [6, 6.07) is 11.6. The predicted octanol–water partition coefficient (Wildman–Crippen LogP) is 3.07. The van der Waals surface area contributed by atoms with Gasteiger partial charge >= 0.3 is 0 Å². The van der Waals surface area contributed by atoms with Crippen molar-refractivity contribution in [3.05, 3.63) is 54.0 Å². The van der Waals surface area contributed by atoms with Crippen LogP contribution in [0, 0.1) is 0 Å². The van der Waals surface area contributed by atoms with Gasteiger partial charge in [0.25, 0.3) is 5.91 Å². The Morgan fingerprint density at radius 1 is 1.25 bits per heavy atom. The zero-order chi connectivity index (χ0) is 14.4. The number of hydrogen-bond acceptors (Lipinski definition) is 3. The molecule has 1 unspecified atom stereocenters. The average Bonchev–Trinajstić information content (AvgIpc) is 2.92. The van der Waals surface area contributed by atoms with Crippen molar-refractivity contribution < 1.29 is 9.21 Å². The molecule has 0 aliphatic rings. The van der Waals surface area contributed by atoms with Crippen LogP contribution < -0.4 is 10.6 Å². The third kappa shape index (κ3) is 3.88. The number of amides is 1. The van der Waals surface area contributed by atoms with Gasteiger partial charge in [-0.05, 0) is 50.2 Å². The summed E-state index contributed by atoms with van der Waals surface area (Å²) >= 11 is 0. The molecule has 0 aliphatic heterocycles. The molecule has 2 rings (SSSR count). The van der Waals surface area contributed by atoms with E-state index in [1.807, 2.05) is 43.3 Å². The van der Waals surface area contributed by atoms with Gasteiger partial charge in [0.1, 0.15) is 5.76 Å². The highest BCUT2D eigenvalue weighted by Gasteiger charge is 2.07. The van der Waals surface area contributed by atoms with Crippen molar-refractivity contribution in [3.63, 3.8) is 0 Å². The minimum Gasteiger partial charge on any atom is -0.469 e. The van der Waals surface area contributed by atoms with E-state index in [2.05, 4.69) is 17.6 Å².